The van der Waals surface area contributed by atoms with Crippen LogP contribution in [0.4, 0.5) is 0 Å². The van der Waals surface area contributed by atoms with E-state index in [1.165, 1.54) is 5.37 Å². The van der Waals surface area contributed by atoms with Crippen LogP contribution in [-0.2, 0) is 13.0 Å². The van der Waals surface area contributed by atoms with Crippen molar-refractivity contribution >= 4 is 23.6 Å². The molecule has 1 N–H and O–H groups in total. The Bertz CT molecular complexity index is 962. The Labute approximate surface area is 163 Å². The van der Waals surface area contributed by atoms with Gasteiger partial charge in [0.05, 0.1) is 12.1 Å². The van der Waals surface area contributed by atoms with E-state index in [0.717, 1.165) is 23.4 Å². The zero-order valence-corrected chi connectivity index (χ0v) is 16.1. The van der Waals surface area contributed by atoms with Gasteiger partial charge in [-0.05, 0) is 28.7 Å². The van der Waals surface area contributed by atoms with E-state index < -0.39 is 5.97 Å². The Kier molecular flexibility index (Phi) is 5.76. The molecule has 0 aliphatic heterocycles. The van der Waals surface area contributed by atoms with Crippen LogP contribution in [0.1, 0.15) is 41.4 Å². The van der Waals surface area contributed by atoms with Gasteiger partial charge in [0.1, 0.15) is 5.82 Å². The molecule has 0 saturated carbocycles. The van der Waals surface area contributed by atoms with Gasteiger partial charge < -0.3 is 5.11 Å². The molecule has 27 heavy (non-hydrogen) atoms. The van der Waals surface area contributed by atoms with Gasteiger partial charge in [-0.15, -0.1) is 0 Å². The molecular formula is C21H21N3O2S. The number of carbonyl (C=O) groups is 1. The highest BCUT2D eigenvalue weighted by Gasteiger charge is 2.13. The van der Waals surface area contributed by atoms with Crippen molar-refractivity contribution in [3.63, 3.8) is 0 Å². The highest BCUT2D eigenvalue weighted by Crippen LogP contribution is 2.24. The third-order valence-corrected chi connectivity index (χ3v) is 4.43. The molecule has 0 saturated heterocycles. The summed E-state index contributed by atoms with van der Waals surface area (Å²) in [6.07, 6.45) is 0.834. The SMILES string of the molecule is CC(C)Cc1nc(C=S)nn1Cc1ccc(-c2ccccc2C(=O)O)cc1. The van der Waals surface area contributed by atoms with E-state index in [0.29, 0.717) is 29.4 Å². The zero-order valence-electron chi connectivity index (χ0n) is 15.3. The summed E-state index contributed by atoms with van der Waals surface area (Å²) in [6, 6.07) is 14.9. The molecule has 0 radical (unpaired) electrons. The number of rotatable bonds is 7. The first kappa shape index (κ1) is 18.9. The van der Waals surface area contributed by atoms with Gasteiger partial charge >= 0.3 is 5.97 Å². The summed E-state index contributed by atoms with van der Waals surface area (Å²) < 4.78 is 1.89. The monoisotopic (exact) mass is 379 g/mol. The van der Waals surface area contributed by atoms with Crippen LogP contribution in [0.3, 0.4) is 0 Å². The molecule has 0 bridgehead atoms. The smallest absolute Gasteiger partial charge is 0.336 e. The van der Waals surface area contributed by atoms with Gasteiger partial charge in [-0.3, -0.25) is 0 Å². The van der Waals surface area contributed by atoms with Gasteiger partial charge in [-0.2, -0.15) is 5.10 Å². The topological polar surface area (TPSA) is 68.0 Å². The molecule has 3 aromatic rings. The van der Waals surface area contributed by atoms with Crippen LogP contribution in [0.15, 0.2) is 48.5 Å². The van der Waals surface area contributed by atoms with Crippen LogP contribution >= 0.6 is 12.2 Å². The van der Waals surface area contributed by atoms with Crippen molar-refractivity contribution in [1.29, 1.82) is 0 Å². The fourth-order valence-electron chi connectivity index (χ4n) is 2.97. The summed E-state index contributed by atoms with van der Waals surface area (Å²) in [6.45, 7) is 4.88. The predicted molar refractivity (Wildman–Crippen MR) is 109 cm³/mol. The van der Waals surface area contributed by atoms with Gasteiger partial charge in [0, 0.05) is 11.8 Å². The lowest BCUT2D eigenvalue weighted by atomic mass is 9.99. The first-order chi connectivity index (χ1) is 13.0. The molecule has 0 fully saturated rings. The van der Waals surface area contributed by atoms with Gasteiger partial charge in [-0.25, -0.2) is 14.5 Å². The van der Waals surface area contributed by atoms with Gasteiger partial charge in [0.2, 0.25) is 0 Å². The van der Waals surface area contributed by atoms with Gasteiger partial charge in [0.15, 0.2) is 5.82 Å². The van der Waals surface area contributed by atoms with Crippen LogP contribution in [-0.4, -0.2) is 31.2 Å². The lowest BCUT2D eigenvalue weighted by Gasteiger charge is -2.10. The Morgan fingerprint density at radius 2 is 1.89 bits per heavy atom. The second-order valence-electron chi connectivity index (χ2n) is 6.81. The molecule has 0 aliphatic rings. The van der Waals surface area contributed by atoms with E-state index in [4.69, 9.17) is 12.2 Å². The summed E-state index contributed by atoms with van der Waals surface area (Å²) in [7, 11) is 0. The molecule has 6 heteroatoms. The number of carboxylic acid groups (broad SMARTS) is 1. The molecule has 0 aliphatic carbocycles. The second kappa shape index (κ2) is 8.22. The van der Waals surface area contributed by atoms with E-state index in [9.17, 15) is 9.90 Å². The average Bonchev–Trinajstić information content (AvgIpc) is 3.03. The number of hydrogen-bond donors (Lipinski definition) is 1. The molecule has 0 spiro atoms. The minimum absolute atomic E-state index is 0.298. The maximum atomic E-state index is 11.4. The van der Waals surface area contributed by atoms with E-state index in [2.05, 4.69) is 23.9 Å². The molecule has 0 unspecified atom stereocenters. The molecule has 1 aromatic heterocycles. The Morgan fingerprint density at radius 1 is 1.19 bits per heavy atom. The molecule has 138 valence electrons. The minimum atomic E-state index is -0.927. The fraction of sp³-hybridized carbons (Fsp3) is 0.238. The van der Waals surface area contributed by atoms with Crippen molar-refractivity contribution in [3.05, 3.63) is 71.3 Å². The third kappa shape index (κ3) is 4.46. The fourth-order valence-corrected chi connectivity index (χ4v) is 3.07. The quantitative estimate of drug-likeness (QED) is 0.622. The molecule has 5 nitrogen and oxygen atoms in total. The Morgan fingerprint density at radius 3 is 2.52 bits per heavy atom. The van der Waals surface area contributed by atoms with Crippen molar-refractivity contribution in [3.8, 4) is 11.1 Å². The van der Waals surface area contributed by atoms with Crippen LogP contribution in [0.2, 0.25) is 0 Å². The molecule has 3 rings (SSSR count). The van der Waals surface area contributed by atoms with Gasteiger partial charge in [-0.1, -0.05) is 68.5 Å². The van der Waals surface area contributed by atoms with E-state index in [-0.39, 0.29) is 0 Å². The zero-order chi connectivity index (χ0) is 19.4. The molecular weight excluding hydrogens is 358 g/mol. The predicted octanol–water partition coefficient (Wildman–Crippen LogP) is 4.24. The lowest BCUT2D eigenvalue weighted by Crippen LogP contribution is -2.09. The minimum Gasteiger partial charge on any atom is -0.478 e. The van der Waals surface area contributed by atoms with E-state index in [1.54, 1.807) is 12.1 Å². The molecule has 1 heterocycles. The maximum Gasteiger partial charge on any atom is 0.336 e. The average molecular weight is 379 g/mol. The van der Waals surface area contributed by atoms with Crippen molar-refractivity contribution in [2.45, 2.75) is 26.8 Å². The van der Waals surface area contributed by atoms with Crippen molar-refractivity contribution in [2.24, 2.45) is 5.92 Å². The lowest BCUT2D eigenvalue weighted by molar-refractivity contribution is 0.0697. The highest BCUT2D eigenvalue weighted by molar-refractivity contribution is 7.79. The van der Waals surface area contributed by atoms with Gasteiger partial charge in [0.25, 0.3) is 0 Å². The van der Waals surface area contributed by atoms with Crippen molar-refractivity contribution < 1.29 is 9.90 Å². The summed E-state index contributed by atoms with van der Waals surface area (Å²) in [5.74, 6) is 1.03. The number of aromatic nitrogens is 3. The maximum absolute atomic E-state index is 11.4. The first-order valence-electron chi connectivity index (χ1n) is 8.78. The second-order valence-corrected chi connectivity index (χ2v) is 7.04. The molecule has 2 aromatic carbocycles. The largest absolute Gasteiger partial charge is 0.478 e. The number of hydrogen-bond acceptors (Lipinski definition) is 4. The summed E-state index contributed by atoms with van der Waals surface area (Å²) in [5, 5.41) is 15.3. The number of benzene rings is 2. The first-order valence-corrected chi connectivity index (χ1v) is 9.25. The van der Waals surface area contributed by atoms with Crippen LogP contribution < -0.4 is 0 Å². The highest BCUT2D eigenvalue weighted by atomic mass is 32.1. The van der Waals surface area contributed by atoms with Crippen LogP contribution in [0.25, 0.3) is 11.1 Å². The number of aromatic carboxylic acids is 1. The van der Waals surface area contributed by atoms with Crippen molar-refractivity contribution in [1.82, 2.24) is 14.8 Å². The summed E-state index contributed by atoms with van der Waals surface area (Å²) in [4.78, 5) is 15.9. The third-order valence-electron chi connectivity index (χ3n) is 4.22. The molecule has 0 amide bonds. The summed E-state index contributed by atoms with van der Waals surface area (Å²) >= 11 is 4.96. The molecule has 0 atom stereocenters. The normalized spacial score (nSPS) is 10.9. The van der Waals surface area contributed by atoms with E-state index in [1.807, 2.05) is 41.1 Å². The standard InChI is InChI=1S/C21H21N3O2S/c1-14(2)11-20-22-19(13-27)23-24(20)12-15-7-9-16(10-8-15)17-5-3-4-6-18(17)21(25)26/h3-10,13-14H,11-12H2,1-2H3,(H,25,26). The number of thiocarbonyl (C=S) groups is 1. The van der Waals surface area contributed by atoms with Crippen molar-refractivity contribution in [2.75, 3.05) is 0 Å². The van der Waals surface area contributed by atoms with E-state index >= 15 is 0 Å². The van der Waals surface area contributed by atoms with Crippen LogP contribution in [0, 0.1) is 5.92 Å². The summed E-state index contributed by atoms with van der Waals surface area (Å²) in [5.41, 5.74) is 2.95. The Balaban J connectivity index is 1.86. The number of carboxylic acids is 1. The number of nitrogens with zero attached hydrogens (tertiary/aromatic N) is 3. The Hall–Kier alpha value is -2.86. The van der Waals surface area contributed by atoms with Crippen LogP contribution in [0.5, 0.6) is 0 Å².